The van der Waals surface area contributed by atoms with Gasteiger partial charge in [0, 0.05) is 42.5 Å². The molecule has 136 valence electrons. The molecule has 1 N–H and O–H groups in total. The number of hydrogen-bond acceptors (Lipinski definition) is 2. The summed E-state index contributed by atoms with van der Waals surface area (Å²) in [6.07, 6.45) is 2.44. The first-order valence-electron chi connectivity index (χ1n) is 8.50. The van der Waals surface area contributed by atoms with E-state index in [1.807, 2.05) is 36.7 Å². The lowest BCUT2D eigenvalue weighted by molar-refractivity contribution is -0.137. The molecule has 0 atom stereocenters. The number of hydrogen-bond donors (Lipinski definition) is 1. The molecule has 6 heteroatoms. The molecule has 0 saturated heterocycles. The highest BCUT2D eigenvalue weighted by molar-refractivity contribution is 5.79. The molecule has 0 bridgehead atoms. The first-order chi connectivity index (χ1) is 13.0. The highest BCUT2D eigenvalue weighted by atomic mass is 19.4. The van der Waals surface area contributed by atoms with Crippen LogP contribution in [-0.2, 0) is 19.0 Å². The summed E-state index contributed by atoms with van der Waals surface area (Å²) >= 11 is 0. The lowest BCUT2D eigenvalue weighted by Gasteiger charge is -2.08. The number of alkyl halides is 3. The van der Waals surface area contributed by atoms with Crippen molar-refractivity contribution in [3.63, 3.8) is 0 Å². The largest absolute Gasteiger partial charge is 0.416 e. The minimum Gasteiger partial charge on any atom is -0.346 e. The van der Waals surface area contributed by atoms with Crippen LogP contribution in [0.2, 0.25) is 0 Å². The number of pyridine rings is 2. The van der Waals surface area contributed by atoms with Crippen LogP contribution < -0.4 is 0 Å². The quantitative estimate of drug-likeness (QED) is 0.541. The molecule has 0 aliphatic carbocycles. The van der Waals surface area contributed by atoms with Crippen molar-refractivity contribution < 1.29 is 13.2 Å². The van der Waals surface area contributed by atoms with Gasteiger partial charge in [0.05, 0.1) is 5.56 Å². The molecular weight excluding hydrogens is 351 g/mol. The molecule has 0 saturated carbocycles. The minimum absolute atomic E-state index is 0.495. The van der Waals surface area contributed by atoms with E-state index < -0.39 is 11.7 Å². The fourth-order valence-corrected chi connectivity index (χ4v) is 3.06. The summed E-state index contributed by atoms with van der Waals surface area (Å²) in [7, 11) is 0. The van der Waals surface area contributed by atoms with Gasteiger partial charge in [0.1, 0.15) is 5.65 Å². The van der Waals surface area contributed by atoms with Gasteiger partial charge >= 0.3 is 6.18 Å². The van der Waals surface area contributed by atoms with E-state index in [0.717, 1.165) is 52.0 Å². The molecule has 1 aromatic carbocycles. The van der Waals surface area contributed by atoms with Gasteiger partial charge < -0.3 is 4.98 Å². The van der Waals surface area contributed by atoms with Crippen LogP contribution in [-0.4, -0.2) is 15.0 Å². The molecule has 3 heterocycles. The maximum atomic E-state index is 12.6. The summed E-state index contributed by atoms with van der Waals surface area (Å²) in [6, 6.07) is 13.1. The predicted octanol–water partition coefficient (Wildman–Crippen LogP) is 5.16. The normalized spacial score (nSPS) is 11.8. The van der Waals surface area contributed by atoms with Crippen molar-refractivity contribution in [3.05, 3.63) is 95.1 Å². The van der Waals surface area contributed by atoms with Gasteiger partial charge in [-0.05, 0) is 47.0 Å². The van der Waals surface area contributed by atoms with Crippen molar-refractivity contribution in [1.82, 2.24) is 15.0 Å². The number of nitrogens with zero attached hydrogens (tertiary/aromatic N) is 2. The number of aromatic amines is 1. The summed E-state index contributed by atoms with van der Waals surface area (Å²) in [5, 5.41) is 1.09. The van der Waals surface area contributed by atoms with Crippen molar-refractivity contribution >= 4 is 11.0 Å². The molecule has 0 amide bonds. The number of nitrogens with one attached hydrogen (secondary N) is 1. The van der Waals surface area contributed by atoms with Crippen LogP contribution in [0.1, 0.15) is 27.9 Å². The maximum absolute atomic E-state index is 12.6. The SMILES string of the molecule is FC(F)(F)c1ccc(Cc2ccc(Cc3c[nH]c4ncccc34)cn2)cc1. The molecule has 27 heavy (non-hydrogen) atoms. The average molecular weight is 367 g/mol. The Labute approximate surface area is 153 Å². The van der Waals surface area contributed by atoms with Gasteiger partial charge in [-0.25, -0.2) is 4.98 Å². The predicted molar refractivity (Wildman–Crippen MR) is 97.4 cm³/mol. The van der Waals surface area contributed by atoms with E-state index in [4.69, 9.17) is 0 Å². The molecule has 4 aromatic rings. The smallest absolute Gasteiger partial charge is 0.346 e. The van der Waals surface area contributed by atoms with Gasteiger partial charge in [-0.3, -0.25) is 4.98 Å². The first-order valence-corrected chi connectivity index (χ1v) is 8.50. The van der Waals surface area contributed by atoms with Crippen LogP contribution in [0.25, 0.3) is 11.0 Å². The minimum atomic E-state index is -4.31. The third-order valence-electron chi connectivity index (χ3n) is 4.48. The third-order valence-corrected chi connectivity index (χ3v) is 4.48. The molecule has 0 aliphatic rings. The van der Waals surface area contributed by atoms with Crippen molar-refractivity contribution in [2.45, 2.75) is 19.0 Å². The number of fused-ring (bicyclic) bond motifs is 1. The van der Waals surface area contributed by atoms with Gasteiger partial charge in [0.15, 0.2) is 0 Å². The molecule has 0 unspecified atom stereocenters. The van der Waals surface area contributed by atoms with Crippen LogP contribution >= 0.6 is 0 Å². The van der Waals surface area contributed by atoms with E-state index in [-0.39, 0.29) is 0 Å². The van der Waals surface area contributed by atoms with Gasteiger partial charge in [-0.15, -0.1) is 0 Å². The number of aromatic nitrogens is 3. The summed E-state index contributed by atoms with van der Waals surface area (Å²) in [4.78, 5) is 11.9. The number of halogens is 3. The topological polar surface area (TPSA) is 41.6 Å². The molecule has 0 aliphatic heterocycles. The van der Waals surface area contributed by atoms with E-state index in [2.05, 4.69) is 15.0 Å². The summed E-state index contributed by atoms with van der Waals surface area (Å²) in [5.41, 5.74) is 4.05. The Hall–Kier alpha value is -3.15. The molecule has 0 fully saturated rings. The van der Waals surface area contributed by atoms with E-state index in [1.54, 1.807) is 6.20 Å². The standard InChI is InChI=1S/C21H16F3N3/c22-21(23,24)17-6-3-14(4-7-17)11-18-8-5-15(12-26-18)10-16-13-27-20-19(16)2-1-9-25-20/h1-9,12-13H,10-11H2,(H,25,27). The highest BCUT2D eigenvalue weighted by Crippen LogP contribution is 2.29. The van der Waals surface area contributed by atoms with Crippen molar-refractivity contribution in [2.24, 2.45) is 0 Å². The summed E-state index contributed by atoms with van der Waals surface area (Å²) in [6.45, 7) is 0. The number of benzene rings is 1. The third kappa shape index (κ3) is 3.84. The van der Waals surface area contributed by atoms with Crippen molar-refractivity contribution in [3.8, 4) is 0 Å². The summed E-state index contributed by atoms with van der Waals surface area (Å²) < 4.78 is 37.9. The molecule has 0 spiro atoms. The fraction of sp³-hybridized carbons (Fsp3) is 0.143. The van der Waals surface area contributed by atoms with Gasteiger partial charge in [0.2, 0.25) is 0 Å². The average Bonchev–Trinajstić information content (AvgIpc) is 3.06. The van der Waals surface area contributed by atoms with E-state index in [9.17, 15) is 13.2 Å². The molecule has 3 nitrogen and oxygen atoms in total. The van der Waals surface area contributed by atoms with E-state index in [1.165, 1.54) is 12.1 Å². The lowest BCUT2D eigenvalue weighted by atomic mass is 10.0. The Morgan fingerprint density at radius 3 is 2.33 bits per heavy atom. The van der Waals surface area contributed by atoms with Gasteiger partial charge in [0.25, 0.3) is 0 Å². The Bertz CT molecular complexity index is 1050. The van der Waals surface area contributed by atoms with Crippen LogP contribution in [0.5, 0.6) is 0 Å². The first kappa shape index (κ1) is 17.3. The Kier molecular flexibility index (Phi) is 4.39. The van der Waals surface area contributed by atoms with Crippen LogP contribution in [0, 0.1) is 0 Å². The van der Waals surface area contributed by atoms with E-state index in [0.29, 0.717) is 6.42 Å². The van der Waals surface area contributed by atoms with Crippen LogP contribution in [0.15, 0.2) is 67.1 Å². The number of rotatable bonds is 4. The van der Waals surface area contributed by atoms with E-state index >= 15 is 0 Å². The molecular formula is C21H16F3N3. The zero-order chi connectivity index (χ0) is 18.9. The monoisotopic (exact) mass is 367 g/mol. The molecule has 4 rings (SSSR count). The fourth-order valence-electron chi connectivity index (χ4n) is 3.06. The second-order valence-electron chi connectivity index (χ2n) is 6.42. The Balaban J connectivity index is 1.46. The Morgan fingerprint density at radius 2 is 1.63 bits per heavy atom. The van der Waals surface area contributed by atoms with Crippen molar-refractivity contribution in [2.75, 3.05) is 0 Å². The van der Waals surface area contributed by atoms with Crippen LogP contribution in [0.3, 0.4) is 0 Å². The van der Waals surface area contributed by atoms with Gasteiger partial charge in [-0.1, -0.05) is 18.2 Å². The molecule has 3 aromatic heterocycles. The lowest BCUT2D eigenvalue weighted by Crippen LogP contribution is -2.04. The zero-order valence-corrected chi connectivity index (χ0v) is 14.3. The van der Waals surface area contributed by atoms with Crippen LogP contribution in [0.4, 0.5) is 13.2 Å². The second kappa shape index (κ2) is 6.87. The highest BCUT2D eigenvalue weighted by Gasteiger charge is 2.29. The number of H-pyrrole nitrogens is 1. The summed E-state index contributed by atoms with van der Waals surface area (Å²) in [5.74, 6) is 0. The van der Waals surface area contributed by atoms with Gasteiger partial charge in [-0.2, -0.15) is 13.2 Å². The molecule has 0 radical (unpaired) electrons. The van der Waals surface area contributed by atoms with Crippen molar-refractivity contribution in [1.29, 1.82) is 0 Å². The maximum Gasteiger partial charge on any atom is 0.416 e. The second-order valence-corrected chi connectivity index (χ2v) is 6.42. The Morgan fingerprint density at radius 1 is 0.852 bits per heavy atom. The zero-order valence-electron chi connectivity index (χ0n) is 14.3.